The first kappa shape index (κ1) is 8.50. The predicted molar refractivity (Wildman–Crippen MR) is 43.3 cm³/mol. The van der Waals surface area contributed by atoms with Gasteiger partial charge in [0.2, 0.25) is 0 Å². The van der Waals surface area contributed by atoms with Gasteiger partial charge in [-0.05, 0) is 13.3 Å². The smallest absolute Gasteiger partial charge is 0.180 e. The van der Waals surface area contributed by atoms with Gasteiger partial charge in [-0.3, -0.25) is 0 Å². The molecule has 0 N–H and O–H groups in total. The van der Waals surface area contributed by atoms with Gasteiger partial charge in [0.05, 0.1) is 18.0 Å². The lowest BCUT2D eigenvalue weighted by Crippen LogP contribution is -2.37. The molecule has 1 atom stereocenters. The molecule has 0 amide bonds. The molecule has 0 aliphatic carbocycles. The maximum Gasteiger partial charge on any atom is 0.180 e. The van der Waals surface area contributed by atoms with Crippen molar-refractivity contribution in [3.8, 4) is 0 Å². The lowest BCUT2D eigenvalue weighted by molar-refractivity contribution is -0.154. The normalized spacial score (nSPS) is 26.7. The second-order valence-corrected chi connectivity index (χ2v) is 3.85. The van der Waals surface area contributed by atoms with Crippen molar-refractivity contribution in [1.82, 2.24) is 0 Å². The van der Waals surface area contributed by atoms with Crippen LogP contribution in [0.15, 0.2) is 0 Å². The molecule has 1 heterocycles. The molecular formula is C7H13BrO2. The molecule has 1 aliphatic heterocycles. The summed E-state index contributed by atoms with van der Waals surface area (Å²) in [5.74, 6) is -0.347. The van der Waals surface area contributed by atoms with Crippen molar-refractivity contribution in [2.24, 2.45) is 0 Å². The van der Waals surface area contributed by atoms with Gasteiger partial charge < -0.3 is 9.47 Å². The third-order valence-corrected chi connectivity index (χ3v) is 2.57. The van der Waals surface area contributed by atoms with Crippen molar-refractivity contribution in [3.05, 3.63) is 0 Å². The Hall–Kier alpha value is 0.400. The first-order valence-corrected chi connectivity index (χ1v) is 4.55. The molecular weight excluding hydrogens is 196 g/mol. The second-order valence-electron chi connectivity index (χ2n) is 2.48. The molecule has 1 rings (SSSR count). The van der Waals surface area contributed by atoms with Crippen molar-refractivity contribution in [1.29, 1.82) is 0 Å². The van der Waals surface area contributed by atoms with E-state index in [-0.39, 0.29) is 10.6 Å². The Balaban J connectivity index is 2.58. The van der Waals surface area contributed by atoms with Crippen molar-refractivity contribution in [2.45, 2.75) is 30.9 Å². The molecule has 0 aromatic heterocycles. The highest BCUT2D eigenvalue weighted by molar-refractivity contribution is 9.09. The fourth-order valence-corrected chi connectivity index (χ4v) is 1.77. The highest BCUT2D eigenvalue weighted by atomic mass is 79.9. The average molecular weight is 209 g/mol. The molecule has 3 heteroatoms. The largest absolute Gasteiger partial charge is 0.346 e. The van der Waals surface area contributed by atoms with Crippen molar-refractivity contribution in [2.75, 3.05) is 13.2 Å². The number of ether oxygens (including phenoxy) is 2. The number of hydrogen-bond acceptors (Lipinski definition) is 2. The summed E-state index contributed by atoms with van der Waals surface area (Å²) in [5.41, 5.74) is 0. The van der Waals surface area contributed by atoms with Gasteiger partial charge in [0.1, 0.15) is 0 Å². The highest BCUT2D eigenvalue weighted by Gasteiger charge is 2.38. The minimum absolute atomic E-state index is 0.271. The van der Waals surface area contributed by atoms with Gasteiger partial charge >= 0.3 is 0 Å². The summed E-state index contributed by atoms with van der Waals surface area (Å²) in [6, 6.07) is 0. The maximum absolute atomic E-state index is 5.48. The molecule has 10 heavy (non-hydrogen) atoms. The third-order valence-electron chi connectivity index (χ3n) is 1.87. The van der Waals surface area contributed by atoms with Crippen LogP contribution in [0.1, 0.15) is 20.3 Å². The minimum atomic E-state index is -0.347. The topological polar surface area (TPSA) is 18.5 Å². The summed E-state index contributed by atoms with van der Waals surface area (Å²) in [5, 5.41) is 0. The van der Waals surface area contributed by atoms with E-state index in [1.54, 1.807) is 0 Å². The molecule has 0 spiro atoms. The standard InChI is InChI=1S/C7H13BrO2/c1-3-7(6(2)8)9-4-5-10-7/h6H,3-5H2,1-2H3/t6-/m0/s1. The van der Waals surface area contributed by atoms with Crippen molar-refractivity contribution >= 4 is 15.9 Å². The van der Waals surface area contributed by atoms with Crippen LogP contribution in [0.5, 0.6) is 0 Å². The molecule has 0 unspecified atom stereocenters. The number of hydrogen-bond donors (Lipinski definition) is 0. The van der Waals surface area contributed by atoms with E-state index in [9.17, 15) is 0 Å². The molecule has 1 saturated heterocycles. The van der Waals surface area contributed by atoms with Crippen LogP contribution in [0.4, 0.5) is 0 Å². The molecule has 2 nitrogen and oxygen atoms in total. The number of alkyl halides is 1. The summed E-state index contributed by atoms with van der Waals surface area (Å²) in [4.78, 5) is 0.271. The van der Waals surface area contributed by atoms with Gasteiger partial charge in [-0.25, -0.2) is 0 Å². The first-order valence-electron chi connectivity index (χ1n) is 3.63. The van der Waals surface area contributed by atoms with Crippen LogP contribution in [-0.2, 0) is 9.47 Å². The molecule has 1 aliphatic rings. The van der Waals surface area contributed by atoms with Gasteiger partial charge in [-0.15, -0.1) is 0 Å². The zero-order valence-corrected chi connectivity index (χ0v) is 7.98. The molecule has 60 valence electrons. The zero-order chi connectivity index (χ0) is 7.61. The van der Waals surface area contributed by atoms with Gasteiger partial charge in [-0.1, -0.05) is 22.9 Å². The number of rotatable bonds is 2. The summed E-state index contributed by atoms with van der Waals surface area (Å²) in [7, 11) is 0. The average Bonchev–Trinajstić information content (AvgIpc) is 2.35. The van der Waals surface area contributed by atoms with E-state index in [4.69, 9.17) is 9.47 Å². The summed E-state index contributed by atoms with van der Waals surface area (Å²) < 4.78 is 11.0. The molecule has 1 fully saturated rings. The van der Waals surface area contributed by atoms with Crippen LogP contribution < -0.4 is 0 Å². The zero-order valence-electron chi connectivity index (χ0n) is 6.39. The van der Waals surface area contributed by atoms with Crippen LogP contribution in [0.3, 0.4) is 0 Å². The summed E-state index contributed by atoms with van der Waals surface area (Å²) in [6.45, 7) is 5.57. The Morgan fingerprint density at radius 2 is 2.00 bits per heavy atom. The van der Waals surface area contributed by atoms with Gasteiger partial charge in [0.25, 0.3) is 0 Å². The lowest BCUT2D eigenvalue weighted by atomic mass is 10.1. The van der Waals surface area contributed by atoms with Crippen LogP contribution >= 0.6 is 15.9 Å². The van der Waals surface area contributed by atoms with Gasteiger partial charge in [0, 0.05) is 0 Å². The lowest BCUT2D eigenvalue weighted by Gasteiger charge is -2.28. The monoisotopic (exact) mass is 208 g/mol. The van der Waals surface area contributed by atoms with Crippen molar-refractivity contribution < 1.29 is 9.47 Å². The van der Waals surface area contributed by atoms with Crippen LogP contribution in [0, 0.1) is 0 Å². The predicted octanol–water partition coefficient (Wildman–Crippen LogP) is 1.92. The number of halogens is 1. The van der Waals surface area contributed by atoms with E-state index in [2.05, 4.69) is 29.8 Å². The van der Waals surface area contributed by atoms with E-state index in [1.165, 1.54) is 0 Å². The first-order chi connectivity index (χ1) is 4.71. The van der Waals surface area contributed by atoms with E-state index >= 15 is 0 Å². The molecule has 0 radical (unpaired) electrons. The Kier molecular flexibility index (Phi) is 2.72. The Labute approximate surface area is 70.0 Å². The van der Waals surface area contributed by atoms with Crippen LogP contribution in [0.2, 0.25) is 0 Å². The maximum atomic E-state index is 5.48. The Morgan fingerprint density at radius 3 is 2.20 bits per heavy atom. The highest BCUT2D eigenvalue weighted by Crippen LogP contribution is 2.31. The van der Waals surface area contributed by atoms with Crippen LogP contribution in [0.25, 0.3) is 0 Å². The quantitative estimate of drug-likeness (QED) is 0.647. The van der Waals surface area contributed by atoms with E-state index in [0.29, 0.717) is 0 Å². The second kappa shape index (κ2) is 3.20. The van der Waals surface area contributed by atoms with Gasteiger partial charge in [-0.2, -0.15) is 0 Å². The van der Waals surface area contributed by atoms with Gasteiger partial charge in [0.15, 0.2) is 5.79 Å². The Morgan fingerprint density at radius 1 is 1.50 bits per heavy atom. The molecule has 0 aromatic rings. The van der Waals surface area contributed by atoms with E-state index in [1.807, 2.05) is 0 Å². The SMILES string of the molecule is CCC1([C@H](C)Br)OCCO1. The fourth-order valence-electron chi connectivity index (χ4n) is 1.19. The Bertz CT molecular complexity index is 108. The summed E-state index contributed by atoms with van der Waals surface area (Å²) >= 11 is 3.47. The minimum Gasteiger partial charge on any atom is -0.346 e. The summed E-state index contributed by atoms with van der Waals surface area (Å²) in [6.07, 6.45) is 0.902. The van der Waals surface area contributed by atoms with E-state index in [0.717, 1.165) is 19.6 Å². The van der Waals surface area contributed by atoms with Crippen molar-refractivity contribution in [3.63, 3.8) is 0 Å². The molecule has 0 saturated carbocycles. The third kappa shape index (κ3) is 1.36. The molecule has 0 bridgehead atoms. The van der Waals surface area contributed by atoms with E-state index < -0.39 is 0 Å². The van der Waals surface area contributed by atoms with Crippen LogP contribution in [-0.4, -0.2) is 23.8 Å². The fraction of sp³-hybridized carbons (Fsp3) is 1.00. The molecule has 0 aromatic carbocycles.